The van der Waals surface area contributed by atoms with Crippen LogP contribution in [0.2, 0.25) is 0 Å². The predicted octanol–water partition coefficient (Wildman–Crippen LogP) is 3.90. The molecule has 0 spiro atoms. The van der Waals surface area contributed by atoms with Gasteiger partial charge in [-0.1, -0.05) is 48.6 Å². The lowest BCUT2D eigenvalue weighted by molar-refractivity contribution is -0.161. The third-order valence-electron chi connectivity index (χ3n) is 5.59. The molecule has 2 amide bonds. The van der Waals surface area contributed by atoms with Crippen LogP contribution < -0.4 is 15.5 Å². The maximum atomic E-state index is 13.1. The quantitative estimate of drug-likeness (QED) is 0.120. The number of unbranched alkanes of at least 4 members (excludes halogenated alkanes) is 2. The van der Waals surface area contributed by atoms with Gasteiger partial charge in [-0.05, 0) is 49.8 Å². The minimum absolute atomic E-state index is 0.0663. The van der Waals surface area contributed by atoms with Crippen LogP contribution in [0.15, 0.2) is 78.0 Å². The molecule has 1 aliphatic carbocycles. The van der Waals surface area contributed by atoms with Crippen molar-refractivity contribution in [3.8, 4) is 5.75 Å². The zero-order valence-corrected chi connectivity index (χ0v) is 19.8. The third-order valence-corrected chi connectivity index (χ3v) is 5.59. The number of amides is 2. The maximum absolute atomic E-state index is 13.1. The largest absolute Gasteiger partial charge is 0.488 e. The Balaban J connectivity index is 1.68. The Morgan fingerprint density at radius 2 is 1.94 bits per heavy atom. The molecule has 1 atom stereocenters. The first-order valence-corrected chi connectivity index (χ1v) is 11.7. The van der Waals surface area contributed by atoms with E-state index in [4.69, 9.17) is 14.7 Å². The van der Waals surface area contributed by atoms with Crippen molar-refractivity contribution in [3.63, 3.8) is 0 Å². The van der Waals surface area contributed by atoms with Crippen LogP contribution in [0.5, 0.6) is 5.75 Å². The lowest BCUT2D eigenvalue weighted by Crippen LogP contribution is -2.33. The van der Waals surface area contributed by atoms with Crippen LogP contribution in [0.25, 0.3) is 10.8 Å². The zero-order valence-electron chi connectivity index (χ0n) is 19.8. The molecule has 0 fully saturated rings. The number of carbonyl (C=O) groups excluding carboxylic acids is 2. The van der Waals surface area contributed by atoms with Gasteiger partial charge in [-0.25, -0.2) is 5.48 Å². The summed E-state index contributed by atoms with van der Waals surface area (Å²) in [4.78, 5) is 24.3. The molecule has 0 aromatic heterocycles. The summed E-state index contributed by atoms with van der Waals surface area (Å²) in [6, 6.07) is 13.6. The molecular formula is C27H32N2O6. The Kier molecular flexibility index (Phi) is 9.60. The maximum Gasteiger partial charge on any atom is 0.254 e. The number of hydroxylamine groups is 1. The fraction of sp³-hybridized carbons (Fsp3) is 0.333. The number of rotatable bonds is 12. The van der Waals surface area contributed by atoms with Crippen LogP contribution in [0, 0.1) is 0 Å². The number of ether oxygens (including phenoxy) is 2. The van der Waals surface area contributed by atoms with Crippen LogP contribution in [0.1, 0.15) is 39.0 Å². The van der Waals surface area contributed by atoms with E-state index >= 15 is 0 Å². The van der Waals surface area contributed by atoms with E-state index in [0.717, 1.165) is 10.8 Å². The van der Waals surface area contributed by atoms with Gasteiger partial charge in [-0.3, -0.25) is 14.8 Å². The van der Waals surface area contributed by atoms with Crippen molar-refractivity contribution in [3.05, 3.63) is 78.0 Å². The van der Waals surface area contributed by atoms with E-state index in [1.807, 2.05) is 42.5 Å². The van der Waals surface area contributed by atoms with Crippen LogP contribution in [0.3, 0.4) is 0 Å². The van der Waals surface area contributed by atoms with Gasteiger partial charge in [0.2, 0.25) is 5.91 Å². The molecule has 0 radical (unpaired) electrons. The van der Waals surface area contributed by atoms with Gasteiger partial charge in [0.15, 0.2) is 5.79 Å². The molecule has 3 rings (SSSR count). The molecule has 35 heavy (non-hydrogen) atoms. The van der Waals surface area contributed by atoms with Crippen molar-refractivity contribution in [2.75, 3.05) is 13.2 Å². The molecule has 186 valence electrons. The molecule has 0 saturated heterocycles. The summed E-state index contributed by atoms with van der Waals surface area (Å²) in [5.41, 5.74) is 2.63. The average Bonchev–Trinajstić information content (AvgIpc) is 2.87. The number of nitrogens with one attached hydrogen (secondary N) is 2. The van der Waals surface area contributed by atoms with Gasteiger partial charge in [0.25, 0.3) is 5.91 Å². The fourth-order valence-electron chi connectivity index (χ4n) is 3.73. The standard InChI is InChI=1S/C27H32N2O6/c1-2-35-27(32)17-15-22(16-18-27)28-26(31)21(10-4-3-5-14-25(30)29-33)19-34-24-13-8-11-20-9-6-7-12-23(20)24/h6-13,15-17,32-33H,2-5,14,18-19H2,1H3,(H,28,31)(H,29,30)/b21-10+. The Labute approximate surface area is 204 Å². The molecule has 4 N–H and O–H groups in total. The molecular weight excluding hydrogens is 448 g/mol. The molecule has 2 aromatic carbocycles. The number of hydrogen-bond acceptors (Lipinski definition) is 6. The molecule has 8 nitrogen and oxygen atoms in total. The summed E-state index contributed by atoms with van der Waals surface area (Å²) in [6.45, 7) is 2.24. The highest BCUT2D eigenvalue weighted by Gasteiger charge is 2.25. The summed E-state index contributed by atoms with van der Waals surface area (Å²) in [6.07, 6.45) is 8.91. The van der Waals surface area contributed by atoms with E-state index in [-0.39, 0.29) is 25.4 Å². The number of fused-ring (bicyclic) bond motifs is 1. The summed E-state index contributed by atoms with van der Waals surface area (Å²) < 4.78 is 11.4. The Hall–Kier alpha value is -3.46. The van der Waals surface area contributed by atoms with Crippen LogP contribution in [-0.2, 0) is 14.3 Å². The van der Waals surface area contributed by atoms with Crippen LogP contribution >= 0.6 is 0 Å². The van der Waals surface area contributed by atoms with Gasteiger partial charge >= 0.3 is 0 Å². The van der Waals surface area contributed by atoms with E-state index in [9.17, 15) is 14.7 Å². The van der Waals surface area contributed by atoms with Gasteiger partial charge in [-0.15, -0.1) is 0 Å². The lowest BCUT2D eigenvalue weighted by atomic mass is 10.1. The molecule has 0 heterocycles. The number of carbonyl (C=O) groups is 2. The SMILES string of the molecule is CCOC1(O)C=CC(NC(=O)/C(=C/CCCCC(=O)NO)COc2cccc3ccccc23)=CC1. The van der Waals surface area contributed by atoms with Crippen LogP contribution in [-0.4, -0.2) is 41.1 Å². The molecule has 0 aliphatic heterocycles. The van der Waals surface area contributed by atoms with Gasteiger partial charge in [0.05, 0.1) is 5.57 Å². The van der Waals surface area contributed by atoms with Gasteiger partial charge in [0, 0.05) is 30.5 Å². The summed E-state index contributed by atoms with van der Waals surface area (Å²) >= 11 is 0. The first kappa shape index (κ1) is 26.2. The number of aliphatic hydroxyl groups is 1. The fourth-order valence-corrected chi connectivity index (χ4v) is 3.73. The minimum Gasteiger partial charge on any atom is -0.488 e. The van der Waals surface area contributed by atoms with Gasteiger partial charge < -0.3 is 19.9 Å². The van der Waals surface area contributed by atoms with E-state index in [1.54, 1.807) is 30.6 Å². The van der Waals surface area contributed by atoms with Crippen molar-refractivity contribution in [2.24, 2.45) is 0 Å². The molecule has 0 saturated carbocycles. The molecule has 8 heteroatoms. The van der Waals surface area contributed by atoms with Crippen molar-refractivity contribution in [2.45, 2.75) is 44.8 Å². The first-order chi connectivity index (χ1) is 16.9. The second-order valence-corrected chi connectivity index (χ2v) is 8.20. The monoisotopic (exact) mass is 480 g/mol. The Morgan fingerprint density at radius 1 is 1.14 bits per heavy atom. The normalized spacial score (nSPS) is 17.7. The summed E-state index contributed by atoms with van der Waals surface area (Å²) in [7, 11) is 0. The minimum atomic E-state index is -1.36. The smallest absolute Gasteiger partial charge is 0.254 e. The van der Waals surface area contributed by atoms with E-state index in [0.29, 0.717) is 42.9 Å². The summed E-state index contributed by atoms with van der Waals surface area (Å²) in [5.74, 6) is -1.43. The Morgan fingerprint density at radius 3 is 2.69 bits per heavy atom. The Bertz CT molecular complexity index is 1120. The first-order valence-electron chi connectivity index (χ1n) is 11.7. The molecule has 1 unspecified atom stereocenters. The van der Waals surface area contributed by atoms with E-state index < -0.39 is 11.7 Å². The van der Waals surface area contributed by atoms with E-state index in [2.05, 4.69) is 5.32 Å². The summed E-state index contributed by atoms with van der Waals surface area (Å²) in [5, 5.41) is 23.8. The van der Waals surface area contributed by atoms with Crippen molar-refractivity contribution in [1.29, 1.82) is 0 Å². The third kappa shape index (κ3) is 7.78. The molecule has 1 aliphatic rings. The number of hydrogen-bond donors (Lipinski definition) is 4. The number of allylic oxidation sites excluding steroid dienone is 2. The average molecular weight is 481 g/mol. The second-order valence-electron chi connectivity index (χ2n) is 8.20. The van der Waals surface area contributed by atoms with Crippen molar-refractivity contribution < 1.29 is 29.4 Å². The van der Waals surface area contributed by atoms with Gasteiger partial charge in [0.1, 0.15) is 12.4 Å². The lowest BCUT2D eigenvalue weighted by Gasteiger charge is -2.26. The second kappa shape index (κ2) is 12.9. The van der Waals surface area contributed by atoms with Gasteiger partial charge in [-0.2, -0.15) is 0 Å². The molecule has 2 aromatic rings. The molecule has 0 bridgehead atoms. The topological polar surface area (TPSA) is 117 Å². The zero-order chi connectivity index (χ0) is 25.1. The van der Waals surface area contributed by atoms with Crippen molar-refractivity contribution >= 4 is 22.6 Å². The van der Waals surface area contributed by atoms with E-state index in [1.165, 1.54) is 6.08 Å². The highest BCUT2D eigenvalue weighted by Crippen LogP contribution is 2.26. The van der Waals surface area contributed by atoms with Crippen LogP contribution in [0.4, 0.5) is 0 Å². The highest BCUT2D eigenvalue weighted by molar-refractivity contribution is 5.95. The van der Waals surface area contributed by atoms with Crippen molar-refractivity contribution in [1.82, 2.24) is 10.8 Å². The number of benzene rings is 2. The predicted molar refractivity (Wildman–Crippen MR) is 132 cm³/mol. The highest BCUT2D eigenvalue weighted by atomic mass is 16.6.